The Morgan fingerprint density at radius 2 is 2.00 bits per heavy atom. The van der Waals surface area contributed by atoms with E-state index >= 15 is 0 Å². The molecule has 0 fully saturated rings. The summed E-state index contributed by atoms with van der Waals surface area (Å²) in [6.45, 7) is 3.82. The van der Waals surface area contributed by atoms with E-state index in [0.29, 0.717) is 22.8 Å². The number of nitrogens with one attached hydrogen (secondary N) is 2. The fourth-order valence-electron chi connectivity index (χ4n) is 2.20. The number of rotatable bonds is 8. The molecule has 0 aliphatic heterocycles. The smallest absolute Gasteiger partial charge is 0.303 e. The summed E-state index contributed by atoms with van der Waals surface area (Å²) in [6.07, 6.45) is -0.329. The summed E-state index contributed by atoms with van der Waals surface area (Å²) in [4.78, 5) is 28.3. The quantitative estimate of drug-likeness (QED) is 0.537. The maximum absolute atomic E-state index is 12.5. The second-order valence-electron chi connectivity index (χ2n) is 5.61. The molecule has 0 saturated carbocycles. The molecule has 1 aromatic carbocycles. The van der Waals surface area contributed by atoms with Crippen molar-refractivity contribution in [1.82, 2.24) is 4.98 Å². The van der Waals surface area contributed by atoms with E-state index in [2.05, 4.69) is 15.6 Å². The van der Waals surface area contributed by atoms with Crippen LogP contribution in [0.3, 0.4) is 0 Å². The number of hydrogen-bond acceptors (Lipinski definition) is 6. The molecule has 134 valence electrons. The predicted molar refractivity (Wildman–Crippen MR) is 97.1 cm³/mol. The van der Waals surface area contributed by atoms with E-state index < -0.39 is 12.2 Å². The molecule has 2 aromatic rings. The van der Waals surface area contributed by atoms with Gasteiger partial charge < -0.3 is 15.5 Å². The van der Waals surface area contributed by atoms with Crippen LogP contribution >= 0.6 is 11.3 Å². The van der Waals surface area contributed by atoms with Gasteiger partial charge in [0.2, 0.25) is 0 Å². The van der Waals surface area contributed by atoms with Gasteiger partial charge in [-0.05, 0) is 38.8 Å². The van der Waals surface area contributed by atoms with Crippen molar-refractivity contribution < 1.29 is 19.8 Å². The van der Waals surface area contributed by atoms with Gasteiger partial charge in [-0.1, -0.05) is 12.1 Å². The van der Waals surface area contributed by atoms with Gasteiger partial charge in [0, 0.05) is 17.0 Å². The van der Waals surface area contributed by atoms with Crippen molar-refractivity contribution in [3.63, 3.8) is 0 Å². The zero-order valence-corrected chi connectivity index (χ0v) is 14.9. The number of nitrogens with zero attached hydrogens (tertiary/aromatic N) is 1. The number of aryl methyl sites for hydroxylation is 2. The molecule has 0 aliphatic carbocycles. The van der Waals surface area contributed by atoms with Crippen LogP contribution < -0.4 is 10.6 Å². The molecular formula is C17H21N3O4S. The summed E-state index contributed by atoms with van der Waals surface area (Å²) in [5.74, 6) is -1.23. The molecule has 1 heterocycles. The predicted octanol–water partition coefficient (Wildman–Crippen LogP) is 3.00. The maximum Gasteiger partial charge on any atom is 0.303 e. The van der Waals surface area contributed by atoms with Crippen molar-refractivity contribution in [2.75, 3.05) is 10.6 Å². The lowest BCUT2D eigenvalue weighted by Crippen LogP contribution is -2.22. The summed E-state index contributed by atoms with van der Waals surface area (Å²) in [5, 5.41) is 24.8. The molecule has 1 unspecified atom stereocenters. The van der Waals surface area contributed by atoms with E-state index in [-0.39, 0.29) is 18.7 Å². The largest absolute Gasteiger partial charge is 0.481 e. The molecule has 0 bridgehead atoms. The standard InChI is InChI=1S/C17H21N3O4S/c1-10-11(2)25-17(18-10)20-16(24)12-6-3-4-7-13(12)19-14(21)8-5-9-15(22)23/h3-4,6-7,14,19,21H,5,8-9H2,1-2H3,(H,22,23)(H,18,20,24). The zero-order chi connectivity index (χ0) is 18.4. The van der Waals surface area contributed by atoms with E-state index in [9.17, 15) is 14.7 Å². The van der Waals surface area contributed by atoms with Crippen LogP contribution in [0.4, 0.5) is 10.8 Å². The Hall–Kier alpha value is -2.45. The number of aliphatic carboxylic acids is 1. The van der Waals surface area contributed by atoms with Crippen LogP contribution in [0.5, 0.6) is 0 Å². The van der Waals surface area contributed by atoms with Gasteiger partial charge in [0.25, 0.3) is 5.91 Å². The molecule has 1 aromatic heterocycles. The third kappa shape index (κ3) is 5.54. The number of benzene rings is 1. The number of aliphatic hydroxyl groups is 1. The first-order chi connectivity index (χ1) is 11.9. The number of aliphatic hydroxyl groups excluding tert-OH is 1. The minimum atomic E-state index is -0.933. The second-order valence-corrected chi connectivity index (χ2v) is 6.81. The average molecular weight is 363 g/mol. The topological polar surface area (TPSA) is 112 Å². The number of para-hydroxylation sites is 1. The average Bonchev–Trinajstić information content (AvgIpc) is 2.85. The number of carbonyl (C=O) groups excluding carboxylic acids is 1. The summed E-state index contributed by atoms with van der Waals surface area (Å²) in [5.41, 5.74) is 1.73. The fourth-order valence-corrected chi connectivity index (χ4v) is 3.01. The molecular weight excluding hydrogens is 342 g/mol. The van der Waals surface area contributed by atoms with Gasteiger partial charge in [-0.2, -0.15) is 0 Å². The summed E-state index contributed by atoms with van der Waals surface area (Å²) in [6, 6.07) is 6.82. The Morgan fingerprint density at radius 1 is 1.28 bits per heavy atom. The number of carbonyl (C=O) groups is 2. The van der Waals surface area contributed by atoms with Gasteiger partial charge in [-0.15, -0.1) is 11.3 Å². The molecule has 1 amide bonds. The van der Waals surface area contributed by atoms with E-state index in [1.165, 1.54) is 11.3 Å². The number of amides is 1. The van der Waals surface area contributed by atoms with Gasteiger partial charge in [0.15, 0.2) is 5.13 Å². The molecule has 8 heteroatoms. The van der Waals surface area contributed by atoms with E-state index in [0.717, 1.165) is 10.6 Å². The second kappa shape index (κ2) is 8.59. The van der Waals surface area contributed by atoms with Crippen molar-refractivity contribution in [3.8, 4) is 0 Å². The third-order valence-electron chi connectivity index (χ3n) is 3.61. The van der Waals surface area contributed by atoms with Crippen LogP contribution in [-0.4, -0.2) is 33.3 Å². The van der Waals surface area contributed by atoms with Crippen LogP contribution in [0, 0.1) is 13.8 Å². The Labute approximate surface area is 149 Å². The van der Waals surface area contributed by atoms with Gasteiger partial charge in [0.1, 0.15) is 6.23 Å². The molecule has 1 atom stereocenters. The molecule has 0 spiro atoms. The Kier molecular flexibility index (Phi) is 6.49. The highest BCUT2D eigenvalue weighted by Crippen LogP contribution is 2.23. The Balaban J connectivity index is 2.03. The Morgan fingerprint density at radius 3 is 2.64 bits per heavy atom. The first kappa shape index (κ1) is 18.9. The van der Waals surface area contributed by atoms with E-state index in [1.807, 2.05) is 13.8 Å². The highest BCUT2D eigenvalue weighted by atomic mass is 32.1. The van der Waals surface area contributed by atoms with E-state index in [4.69, 9.17) is 5.11 Å². The van der Waals surface area contributed by atoms with Crippen molar-refractivity contribution in [2.24, 2.45) is 0 Å². The first-order valence-corrected chi connectivity index (χ1v) is 8.69. The monoisotopic (exact) mass is 363 g/mol. The number of carboxylic acids is 1. The maximum atomic E-state index is 12.5. The van der Waals surface area contributed by atoms with Gasteiger partial charge in [0.05, 0.1) is 11.3 Å². The van der Waals surface area contributed by atoms with Crippen LogP contribution in [0.2, 0.25) is 0 Å². The highest BCUT2D eigenvalue weighted by Gasteiger charge is 2.15. The lowest BCUT2D eigenvalue weighted by Gasteiger charge is -2.16. The number of hydrogen-bond donors (Lipinski definition) is 4. The molecule has 2 rings (SSSR count). The molecule has 4 N–H and O–H groups in total. The highest BCUT2D eigenvalue weighted by molar-refractivity contribution is 7.15. The van der Waals surface area contributed by atoms with Gasteiger partial charge in [-0.3, -0.25) is 14.9 Å². The number of carboxylic acid groups (broad SMARTS) is 1. The first-order valence-electron chi connectivity index (χ1n) is 7.87. The molecule has 0 saturated heterocycles. The molecule has 0 radical (unpaired) electrons. The lowest BCUT2D eigenvalue weighted by atomic mass is 10.1. The summed E-state index contributed by atoms with van der Waals surface area (Å²) in [7, 11) is 0. The minimum Gasteiger partial charge on any atom is -0.481 e. The summed E-state index contributed by atoms with van der Waals surface area (Å²) >= 11 is 1.40. The van der Waals surface area contributed by atoms with Crippen molar-refractivity contribution in [2.45, 2.75) is 39.3 Å². The van der Waals surface area contributed by atoms with Crippen LogP contribution in [0.15, 0.2) is 24.3 Å². The van der Waals surface area contributed by atoms with Crippen LogP contribution in [-0.2, 0) is 4.79 Å². The van der Waals surface area contributed by atoms with Gasteiger partial charge in [-0.25, -0.2) is 4.98 Å². The fraction of sp³-hybridized carbons (Fsp3) is 0.353. The van der Waals surface area contributed by atoms with Crippen LogP contribution in [0.25, 0.3) is 0 Å². The molecule has 0 aliphatic rings. The molecule has 7 nitrogen and oxygen atoms in total. The Bertz CT molecular complexity index is 741. The van der Waals surface area contributed by atoms with Crippen molar-refractivity contribution >= 4 is 34.0 Å². The lowest BCUT2D eigenvalue weighted by molar-refractivity contribution is -0.137. The van der Waals surface area contributed by atoms with Gasteiger partial charge >= 0.3 is 5.97 Å². The van der Waals surface area contributed by atoms with Crippen LogP contribution in [0.1, 0.15) is 40.2 Å². The SMILES string of the molecule is Cc1nc(NC(=O)c2ccccc2NC(O)CCCC(=O)O)sc1C. The summed E-state index contributed by atoms with van der Waals surface area (Å²) < 4.78 is 0. The molecule has 25 heavy (non-hydrogen) atoms. The van der Waals surface area contributed by atoms with Crippen molar-refractivity contribution in [1.29, 1.82) is 0 Å². The van der Waals surface area contributed by atoms with E-state index in [1.54, 1.807) is 24.3 Å². The number of anilines is 2. The normalized spacial score (nSPS) is 11.8. The number of aromatic nitrogens is 1. The number of thiazole rings is 1. The van der Waals surface area contributed by atoms with Crippen molar-refractivity contribution in [3.05, 3.63) is 40.4 Å². The third-order valence-corrected chi connectivity index (χ3v) is 4.60. The minimum absolute atomic E-state index is 0.0103. The zero-order valence-electron chi connectivity index (χ0n) is 14.1.